The maximum atomic E-state index is 11.9. The molecule has 0 radical (unpaired) electrons. The molecule has 2 aliphatic rings. The number of carbonyl (C=O) groups excluding carboxylic acids is 1. The van der Waals surface area contributed by atoms with Gasteiger partial charge in [0.2, 0.25) is 5.91 Å². The summed E-state index contributed by atoms with van der Waals surface area (Å²) in [6, 6.07) is 0.626. The Morgan fingerprint density at radius 1 is 1.24 bits per heavy atom. The maximum Gasteiger partial charge on any atom is 0.234 e. The Bertz CT molecular complexity index is 299. The van der Waals surface area contributed by atoms with Gasteiger partial charge in [-0.3, -0.25) is 9.69 Å². The summed E-state index contributed by atoms with van der Waals surface area (Å²) in [6.07, 6.45) is 1.21. The van der Waals surface area contributed by atoms with E-state index in [1.807, 2.05) is 0 Å². The van der Waals surface area contributed by atoms with E-state index in [1.165, 1.54) is 13.0 Å². The predicted molar refractivity (Wildman–Crippen MR) is 91.6 cm³/mol. The number of halogens is 2. The second-order valence-corrected chi connectivity index (χ2v) is 6.07. The molecule has 0 spiro atoms. The van der Waals surface area contributed by atoms with Crippen LogP contribution in [0.5, 0.6) is 0 Å². The average Bonchev–Trinajstić information content (AvgIpc) is 2.86. The minimum atomic E-state index is 0. The standard InChI is InChI=1S/C14H28N4O.2ClH/c1-12(2)18-6-3-13(10-18)9-16-14(19)11-17-7-4-15-5-8-17;;/h12-13,15H,3-11H2,1-2H3,(H,16,19);2*1H. The number of hydrogen-bond donors (Lipinski definition) is 2. The molecule has 2 heterocycles. The van der Waals surface area contributed by atoms with Gasteiger partial charge in [0.15, 0.2) is 0 Å². The van der Waals surface area contributed by atoms with Crippen molar-refractivity contribution in [1.29, 1.82) is 0 Å². The molecule has 2 saturated heterocycles. The summed E-state index contributed by atoms with van der Waals surface area (Å²) in [5.41, 5.74) is 0. The molecule has 0 aromatic rings. The van der Waals surface area contributed by atoms with E-state index in [1.54, 1.807) is 0 Å². The number of nitrogens with one attached hydrogen (secondary N) is 2. The topological polar surface area (TPSA) is 47.6 Å². The smallest absolute Gasteiger partial charge is 0.234 e. The fourth-order valence-corrected chi connectivity index (χ4v) is 2.88. The minimum absolute atomic E-state index is 0. The molecule has 21 heavy (non-hydrogen) atoms. The Hall–Kier alpha value is -0.0700. The molecule has 1 amide bonds. The SMILES string of the molecule is CC(C)N1CCC(CNC(=O)CN2CCNCC2)C1.Cl.Cl. The third-order valence-electron chi connectivity index (χ3n) is 4.21. The lowest BCUT2D eigenvalue weighted by Crippen LogP contribution is -2.48. The van der Waals surface area contributed by atoms with Crippen LogP contribution in [0.1, 0.15) is 20.3 Å². The lowest BCUT2D eigenvalue weighted by atomic mass is 10.1. The second-order valence-electron chi connectivity index (χ2n) is 6.07. The van der Waals surface area contributed by atoms with Crippen molar-refractivity contribution in [3.8, 4) is 0 Å². The van der Waals surface area contributed by atoms with Crippen LogP contribution in [-0.2, 0) is 4.79 Å². The van der Waals surface area contributed by atoms with Crippen LogP contribution < -0.4 is 10.6 Å². The quantitative estimate of drug-likeness (QED) is 0.768. The Labute approximate surface area is 141 Å². The van der Waals surface area contributed by atoms with E-state index >= 15 is 0 Å². The molecule has 126 valence electrons. The summed E-state index contributed by atoms with van der Waals surface area (Å²) in [4.78, 5) is 16.6. The monoisotopic (exact) mass is 340 g/mol. The predicted octanol–water partition coefficient (Wildman–Crippen LogP) is 0.582. The van der Waals surface area contributed by atoms with Crippen LogP contribution in [0.15, 0.2) is 0 Å². The van der Waals surface area contributed by atoms with Gasteiger partial charge in [-0.2, -0.15) is 0 Å². The molecule has 2 rings (SSSR count). The van der Waals surface area contributed by atoms with Gasteiger partial charge in [0.25, 0.3) is 0 Å². The zero-order valence-electron chi connectivity index (χ0n) is 13.1. The minimum Gasteiger partial charge on any atom is -0.355 e. The molecule has 5 nitrogen and oxygen atoms in total. The Morgan fingerprint density at radius 3 is 2.48 bits per heavy atom. The number of carbonyl (C=O) groups is 1. The third-order valence-corrected chi connectivity index (χ3v) is 4.21. The van der Waals surface area contributed by atoms with Gasteiger partial charge >= 0.3 is 0 Å². The van der Waals surface area contributed by atoms with Crippen molar-refractivity contribution in [3.63, 3.8) is 0 Å². The normalized spacial score (nSPS) is 23.5. The molecule has 1 atom stereocenters. The molecule has 0 saturated carbocycles. The van der Waals surface area contributed by atoms with Gasteiger partial charge < -0.3 is 15.5 Å². The summed E-state index contributed by atoms with van der Waals surface area (Å²) >= 11 is 0. The van der Waals surface area contributed by atoms with Crippen LogP contribution in [0, 0.1) is 5.92 Å². The molecular weight excluding hydrogens is 311 g/mol. The van der Waals surface area contributed by atoms with Crippen molar-refractivity contribution < 1.29 is 4.79 Å². The summed E-state index contributed by atoms with van der Waals surface area (Å²) < 4.78 is 0. The summed E-state index contributed by atoms with van der Waals surface area (Å²) in [7, 11) is 0. The molecule has 2 fully saturated rings. The van der Waals surface area contributed by atoms with Gasteiger partial charge in [-0.15, -0.1) is 24.8 Å². The number of piperazine rings is 1. The van der Waals surface area contributed by atoms with Gasteiger partial charge in [0.1, 0.15) is 0 Å². The second kappa shape index (κ2) is 10.6. The van der Waals surface area contributed by atoms with Crippen LogP contribution >= 0.6 is 24.8 Å². The van der Waals surface area contributed by atoms with Gasteiger partial charge in [0, 0.05) is 45.3 Å². The van der Waals surface area contributed by atoms with Crippen LogP contribution in [0.2, 0.25) is 0 Å². The maximum absolute atomic E-state index is 11.9. The first-order valence-electron chi connectivity index (χ1n) is 7.59. The molecule has 2 aliphatic heterocycles. The molecule has 0 aromatic carbocycles. The van der Waals surface area contributed by atoms with Crippen molar-refractivity contribution in [2.75, 3.05) is 52.4 Å². The zero-order valence-corrected chi connectivity index (χ0v) is 14.8. The third kappa shape index (κ3) is 7.15. The Kier molecular flexibility index (Phi) is 10.6. The zero-order chi connectivity index (χ0) is 13.7. The molecule has 2 N–H and O–H groups in total. The summed E-state index contributed by atoms with van der Waals surface area (Å²) in [5.74, 6) is 0.819. The molecule has 0 aliphatic carbocycles. The molecular formula is C14H30Cl2N4O. The lowest BCUT2D eigenvalue weighted by Gasteiger charge is -2.26. The van der Waals surface area contributed by atoms with Crippen molar-refractivity contribution >= 4 is 30.7 Å². The molecule has 1 unspecified atom stereocenters. The van der Waals surface area contributed by atoms with Crippen molar-refractivity contribution in [2.24, 2.45) is 5.92 Å². The van der Waals surface area contributed by atoms with Crippen molar-refractivity contribution in [1.82, 2.24) is 20.4 Å². The fraction of sp³-hybridized carbons (Fsp3) is 0.929. The number of amides is 1. The van der Waals surface area contributed by atoms with E-state index in [2.05, 4.69) is 34.3 Å². The molecule has 7 heteroatoms. The van der Waals surface area contributed by atoms with Crippen LogP contribution in [0.25, 0.3) is 0 Å². The van der Waals surface area contributed by atoms with E-state index < -0.39 is 0 Å². The highest BCUT2D eigenvalue weighted by Gasteiger charge is 2.24. The highest BCUT2D eigenvalue weighted by atomic mass is 35.5. The summed E-state index contributed by atoms with van der Waals surface area (Å²) in [5, 5.41) is 6.40. The van der Waals surface area contributed by atoms with Crippen LogP contribution in [0.3, 0.4) is 0 Å². The van der Waals surface area contributed by atoms with Gasteiger partial charge in [-0.1, -0.05) is 0 Å². The highest BCUT2D eigenvalue weighted by molar-refractivity contribution is 5.85. The number of rotatable bonds is 5. The van der Waals surface area contributed by atoms with E-state index in [0.29, 0.717) is 18.5 Å². The number of hydrogen-bond acceptors (Lipinski definition) is 4. The van der Waals surface area contributed by atoms with E-state index in [0.717, 1.165) is 39.3 Å². The first-order valence-corrected chi connectivity index (χ1v) is 7.59. The number of likely N-dealkylation sites (tertiary alicyclic amines) is 1. The Morgan fingerprint density at radius 2 is 1.90 bits per heavy atom. The van der Waals surface area contributed by atoms with Gasteiger partial charge in [-0.05, 0) is 32.7 Å². The first kappa shape index (κ1) is 20.9. The molecule has 0 aromatic heterocycles. The van der Waals surface area contributed by atoms with Crippen LogP contribution in [0.4, 0.5) is 0 Å². The molecule has 0 bridgehead atoms. The van der Waals surface area contributed by atoms with Gasteiger partial charge in [-0.25, -0.2) is 0 Å². The largest absolute Gasteiger partial charge is 0.355 e. The van der Waals surface area contributed by atoms with Gasteiger partial charge in [0.05, 0.1) is 6.54 Å². The number of nitrogens with zero attached hydrogens (tertiary/aromatic N) is 2. The Balaban J connectivity index is 0.00000200. The average molecular weight is 341 g/mol. The highest BCUT2D eigenvalue weighted by Crippen LogP contribution is 2.17. The van der Waals surface area contributed by atoms with E-state index in [4.69, 9.17) is 0 Å². The summed E-state index contributed by atoms with van der Waals surface area (Å²) in [6.45, 7) is 12.2. The first-order chi connectivity index (χ1) is 9.15. The van der Waals surface area contributed by atoms with Crippen molar-refractivity contribution in [2.45, 2.75) is 26.3 Å². The lowest BCUT2D eigenvalue weighted by molar-refractivity contribution is -0.122. The van der Waals surface area contributed by atoms with E-state index in [-0.39, 0.29) is 30.7 Å². The van der Waals surface area contributed by atoms with E-state index in [9.17, 15) is 4.79 Å². The fourth-order valence-electron chi connectivity index (χ4n) is 2.88. The van der Waals surface area contributed by atoms with Crippen LogP contribution in [-0.4, -0.2) is 74.1 Å². The van der Waals surface area contributed by atoms with Crippen molar-refractivity contribution in [3.05, 3.63) is 0 Å².